The normalized spacial score (nSPS) is 23.2. The number of hydrogen-bond donors (Lipinski definition) is 2. The Morgan fingerprint density at radius 1 is 1.24 bits per heavy atom. The molecule has 0 unspecified atom stereocenters. The molecule has 0 saturated heterocycles. The number of rotatable bonds is 4. The van der Waals surface area contributed by atoms with E-state index in [2.05, 4.69) is 11.6 Å². The Balaban J connectivity index is 2.25. The van der Waals surface area contributed by atoms with Crippen molar-refractivity contribution in [1.82, 2.24) is 4.72 Å². The zero-order valence-corrected chi connectivity index (χ0v) is 12.7. The van der Waals surface area contributed by atoms with Gasteiger partial charge >= 0.3 is 0 Å². The summed E-state index contributed by atoms with van der Waals surface area (Å²) in [5, 5.41) is 0. The lowest BCUT2D eigenvalue weighted by Gasteiger charge is -2.26. The van der Waals surface area contributed by atoms with Crippen LogP contribution >= 0.6 is 0 Å². The predicted molar refractivity (Wildman–Crippen MR) is 76.0 cm³/mol. The summed E-state index contributed by atoms with van der Waals surface area (Å²) in [5.74, 6) is -1.99. The molecule has 1 fully saturated rings. The van der Waals surface area contributed by atoms with E-state index in [4.69, 9.17) is 5.73 Å². The molecule has 1 saturated carbocycles. The Morgan fingerprint density at radius 3 is 2.43 bits per heavy atom. The highest BCUT2D eigenvalue weighted by molar-refractivity contribution is 7.89. The van der Waals surface area contributed by atoms with Crippen LogP contribution in [0.1, 0.15) is 38.2 Å². The smallest absolute Gasteiger partial charge is 0.243 e. The average molecular weight is 318 g/mol. The second-order valence-corrected chi connectivity index (χ2v) is 7.35. The van der Waals surface area contributed by atoms with Gasteiger partial charge in [-0.3, -0.25) is 0 Å². The van der Waals surface area contributed by atoms with Crippen LogP contribution in [0.5, 0.6) is 0 Å². The van der Waals surface area contributed by atoms with E-state index < -0.39 is 26.6 Å². The Bertz CT molecular complexity index is 612. The van der Waals surface area contributed by atoms with Gasteiger partial charge < -0.3 is 5.73 Å². The molecular weight excluding hydrogens is 298 g/mol. The van der Waals surface area contributed by atoms with E-state index in [-0.39, 0.29) is 18.2 Å². The van der Waals surface area contributed by atoms with Crippen LogP contribution in [-0.2, 0) is 16.6 Å². The molecule has 0 radical (unpaired) electrons. The van der Waals surface area contributed by atoms with Gasteiger partial charge in [0.05, 0.1) is 0 Å². The van der Waals surface area contributed by atoms with Crippen molar-refractivity contribution in [3.8, 4) is 0 Å². The van der Waals surface area contributed by atoms with E-state index >= 15 is 0 Å². The second-order valence-electron chi connectivity index (χ2n) is 5.67. The molecule has 0 amide bonds. The van der Waals surface area contributed by atoms with Crippen LogP contribution in [-0.4, -0.2) is 14.5 Å². The van der Waals surface area contributed by atoms with Gasteiger partial charge in [-0.05, 0) is 49.3 Å². The van der Waals surface area contributed by atoms with E-state index in [1.807, 2.05) is 0 Å². The molecule has 4 nitrogen and oxygen atoms in total. The van der Waals surface area contributed by atoms with Crippen LogP contribution in [0.4, 0.5) is 8.78 Å². The third kappa shape index (κ3) is 3.78. The summed E-state index contributed by atoms with van der Waals surface area (Å²) < 4.78 is 54.3. The van der Waals surface area contributed by atoms with Crippen molar-refractivity contribution < 1.29 is 17.2 Å². The van der Waals surface area contributed by atoms with Gasteiger partial charge in [-0.25, -0.2) is 21.9 Å². The van der Waals surface area contributed by atoms with E-state index in [0.29, 0.717) is 18.8 Å². The Labute approximate surface area is 123 Å². The summed E-state index contributed by atoms with van der Waals surface area (Å²) >= 11 is 0. The van der Waals surface area contributed by atoms with Crippen LogP contribution in [0.25, 0.3) is 0 Å². The fourth-order valence-corrected chi connectivity index (χ4v) is 4.03. The summed E-state index contributed by atoms with van der Waals surface area (Å²) in [6, 6.07) is 1.78. The molecule has 7 heteroatoms. The minimum atomic E-state index is -4.08. The van der Waals surface area contributed by atoms with Gasteiger partial charge in [0.1, 0.15) is 4.90 Å². The fourth-order valence-electron chi connectivity index (χ4n) is 2.59. The van der Waals surface area contributed by atoms with Gasteiger partial charge in [-0.2, -0.15) is 0 Å². The van der Waals surface area contributed by atoms with Crippen LogP contribution in [0.15, 0.2) is 17.0 Å². The molecule has 1 aliphatic carbocycles. The molecule has 1 aliphatic rings. The molecule has 21 heavy (non-hydrogen) atoms. The zero-order chi connectivity index (χ0) is 15.6. The first kappa shape index (κ1) is 16.3. The molecule has 118 valence electrons. The van der Waals surface area contributed by atoms with Gasteiger partial charge in [0.25, 0.3) is 0 Å². The van der Waals surface area contributed by atoms with E-state index in [1.165, 1.54) is 0 Å². The minimum Gasteiger partial charge on any atom is -0.326 e. The molecule has 3 N–H and O–H groups in total. The molecule has 0 atom stereocenters. The van der Waals surface area contributed by atoms with Gasteiger partial charge in [-0.15, -0.1) is 0 Å². The van der Waals surface area contributed by atoms with Crippen molar-refractivity contribution in [2.75, 3.05) is 0 Å². The predicted octanol–water partition coefficient (Wildman–Crippen LogP) is 2.28. The standard InChI is InChI=1S/C14H20F2N2O2S/c1-9-2-4-11(5-3-9)18-21(19,20)13-7-10(8-17)6-12(15)14(13)16/h6-7,9,11,18H,2-5,8,17H2,1H3. The third-order valence-electron chi connectivity index (χ3n) is 3.92. The van der Waals surface area contributed by atoms with Crippen LogP contribution in [0.2, 0.25) is 0 Å². The van der Waals surface area contributed by atoms with E-state index in [1.54, 1.807) is 0 Å². The SMILES string of the molecule is CC1CCC(NS(=O)(=O)c2cc(CN)cc(F)c2F)CC1. The number of nitrogens with one attached hydrogen (secondary N) is 1. The summed E-state index contributed by atoms with van der Waals surface area (Å²) in [4.78, 5) is -0.665. The maximum atomic E-state index is 13.8. The number of halogens is 2. The second kappa shape index (κ2) is 6.37. The maximum Gasteiger partial charge on any atom is 0.243 e. The number of benzene rings is 1. The Morgan fingerprint density at radius 2 is 1.86 bits per heavy atom. The van der Waals surface area contributed by atoms with Crippen LogP contribution < -0.4 is 10.5 Å². The highest BCUT2D eigenvalue weighted by Crippen LogP contribution is 2.26. The third-order valence-corrected chi connectivity index (χ3v) is 5.44. The first-order valence-electron chi connectivity index (χ1n) is 7.04. The molecule has 0 heterocycles. The van der Waals surface area contributed by atoms with Gasteiger partial charge in [0.2, 0.25) is 10.0 Å². The lowest BCUT2D eigenvalue weighted by atomic mass is 9.88. The first-order chi connectivity index (χ1) is 9.83. The van der Waals surface area contributed by atoms with E-state index in [9.17, 15) is 17.2 Å². The summed E-state index contributed by atoms with van der Waals surface area (Å²) in [6.07, 6.45) is 3.27. The highest BCUT2D eigenvalue weighted by Gasteiger charge is 2.27. The fraction of sp³-hybridized carbons (Fsp3) is 0.571. The largest absolute Gasteiger partial charge is 0.326 e. The molecule has 0 aliphatic heterocycles. The van der Waals surface area contributed by atoms with Gasteiger partial charge in [0, 0.05) is 12.6 Å². The Kier molecular flexibility index (Phi) is 4.95. The average Bonchev–Trinajstić information content (AvgIpc) is 2.43. The van der Waals surface area contributed by atoms with Gasteiger partial charge in [-0.1, -0.05) is 6.92 Å². The molecule has 0 spiro atoms. The number of nitrogens with two attached hydrogens (primary N) is 1. The lowest BCUT2D eigenvalue weighted by Crippen LogP contribution is -2.37. The van der Waals surface area contributed by atoms with Crippen molar-refractivity contribution in [3.05, 3.63) is 29.3 Å². The summed E-state index contributed by atoms with van der Waals surface area (Å²) in [7, 11) is -4.08. The van der Waals surface area contributed by atoms with E-state index in [0.717, 1.165) is 25.0 Å². The minimum absolute atomic E-state index is 0.0549. The van der Waals surface area contributed by atoms with Crippen molar-refractivity contribution in [3.63, 3.8) is 0 Å². The topological polar surface area (TPSA) is 72.2 Å². The lowest BCUT2D eigenvalue weighted by molar-refractivity contribution is 0.331. The number of sulfonamides is 1. The first-order valence-corrected chi connectivity index (χ1v) is 8.52. The van der Waals surface area contributed by atoms with Crippen LogP contribution in [0.3, 0.4) is 0 Å². The van der Waals surface area contributed by atoms with Crippen LogP contribution in [0, 0.1) is 17.6 Å². The van der Waals surface area contributed by atoms with Gasteiger partial charge in [0.15, 0.2) is 11.6 Å². The summed E-state index contributed by atoms with van der Waals surface area (Å²) in [6.45, 7) is 2.06. The molecule has 0 bridgehead atoms. The van der Waals surface area contributed by atoms with Crippen molar-refractivity contribution >= 4 is 10.0 Å². The molecule has 2 rings (SSSR count). The molecule has 0 aromatic heterocycles. The quantitative estimate of drug-likeness (QED) is 0.894. The zero-order valence-electron chi connectivity index (χ0n) is 11.9. The monoisotopic (exact) mass is 318 g/mol. The molecular formula is C14H20F2N2O2S. The molecule has 1 aromatic rings. The Hall–Kier alpha value is -1.05. The highest BCUT2D eigenvalue weighted by atomic mass is 32.2. The number of hydrogen-bond acceptors (Lipinski definition) is 3. The maximum absolute atomic E-state index is 13.8. The summed E-state index contributed by atoms with van der Waals surface area (Å²) in [5.41, 5.74) is 5.62. The molecule has 1 aromatic carbocycles. The van der Waals surface area contributed by atoms with Crippen molar-refractivity contribution in [2.45, 2.75) is 50.1 Å². The van der Waals surface area contributed by atoms with Crippen molar-refractivity contribution in [1.29, 1.82) is 0 Å². The van der Waals surface area contributed by atoms with Crippen molar-refractivity contribution in [2.24, 2.45) is 11.7 Å².